The number of halogens is 1. The average molecular weight is 184 g/mol. The Morgan fingerprint density at radius 1 is 1.54 bits per heavy atom. The molecular weight excluding hydrogens is 179 g/mol. The van der Waals surface area contributed by atoms with Crippen molar-refractivity contribution in [1.82, 2.24) is 19.3 Å². The first-order valence-corrected chi connectivity index (χ1v) is 3.44. The summed E-state index contributed by atoms with van der Waals surface area (Å²) < 4.78 is 14.3. The maximum absolute atomic E-state index is 13.0. The summed E-state index contributed by atoms with van der Waals surface area (Å²) in [7, 11) is 1.49. The van der Waals surface area contributed by atoms with Crippen molar-refractivity contribution >= 4 is 11.2 Å². The lowest BCUT2D eigenvalue weighted by molar-refractivity contribution is 0.356. The first-order valence-electron chi connectivity index (χ1n) is 3.44. The molecule has 13 heavy (non-hydrogen) atoms. The molecule has 1 N–H and O–H groups in total. The highest BCUT2D eigenvalue weighted by molar-refractivity contribution is 5.69. The Hall–Kier alpha value is -1.92. The summed E-state index contributed by atoms with van der Waals surface area (Å²) in [6.07, 6.45) is 1.26. The van der Waals surface area contributed by atoms with Crippen LogP contribution in [0.3, 0.4) is 0 Å². The molecule has 68 valence electrons. The van der Waals surface area contributed by atoms with Crippen molar-refractivity contribution in [2.45, 2.75) is 0 Å². The van der Waals surface area contributed by atoms with Gasteiger partial charge >= 0.3 is 5.69 Å². The van der Waals surface area contributed by atoms with Gasteiger partial charge in [-0.3, -0.25) is 9.78 Å². The number of fused-ring (bicyclic) bond motifs is 1. The molecule has 7 heteroatoms. The predicted octanol–water partition coefficient (Wildman–Crippen LogP) is -0.844. The van der Waals surface area contributed by atoms with E-state index < -0.39 is 11.2 Å². The van der Waals surface area contributed by atoms with Gasteiger partial charge in [0.2, 0.25) is 0 Å². The van der Waals surface area contributed by atoms with E-state index in [0.29, 0.717) is 0 Å². The summed E-state index contributed by atoms with van der Waals surface area (Å²) in [5.74, 6) is 0. The molecule has 0 saturated heterocycles. The van der Waals surface area contributed by atoms with Crippen molar-refractivity contribution in [3.05, 3.63) is 27.2 Å². The minimum atomic E-state index is -1.10. The van der Waals surface area contributed by atoms with Crippen LogP contribution in [0.1, 0.15) is 0 Å². The quantitative estimate of drug-likeness (QED) is 0.580. The largest absolute Gasteiger partial charge is 0.358 e. The summed E-state index contributed by atoms with van der Waals surface area (Å²) in [5, 5.41) is 0. The highest BCUT2D eigenvalue weighted by Crippen LogP contribution is 2.02. The van der Waals surface area contributed by atoms with Crippen LogP contribution in [-0.4, -0.2) is 19.3 Å². The molecule has 0 amide bonds. The topological polar surface area (TPSA) is 72.7 Å². The summed E-state index contributed by atoms with van der Waals surface area (Å²) in [4.78, 5) is 27.1. The normalized spacial score (nSPS) is 10.9. The molecule has 0 aliphatic rings. The van der Waals surface area contributed by atoms with Crippen LogP contribution in [0.15, 0.2) is 15.9 Å². The van der Waals surface area contributed by atoms with E-state index in [9.17, 15) is 14.1 Å². The molecule has 0 aliphatic carbocycles. The highest BCUT2D eigenvalue weighted by Gasteiger charge is 2.10. The number of imidazole rings is 1. The maximum Gasteiger partial charge on any atom is 0.358 e. The number of hydrogen-bond acceptors (Lipinski definition) is 3. The molecule has 0 unspecified atom stereocenters. The molecule has 2 aromatic rings. The van der Waals surface area contributed by atoms with Crippen LogP contribution in [0.25, 0.3) is 11.2 Å². The second kappa shape index (κ2) is 2.28. The molecule has 0 radical (unpaired) electrons. The predicted molar refractivity (Wildman–Crippen MR) is 42.1 cm³/mol. The van der Waals surface area contributed by atoms with Crippen LogP contribution < -0.4 is 11.2 Å². The van der Waals surface area contributed by atoms with Crippen molar-refractivity contribution in [2.75, 3.05) is 0 Å². The van der Waals surface area contributed by atoms with Crippen molar-refractivity contribution < 1.29 is 4.48 Å². The number of aromatic amines is 1. The number of rotatable bonds is 0. The van der Waals surface area contributed by atoms with Crippen LogP contribution in [0.2, 0.25) is 0 Å². The first kappa shape index (κ1) is 7.71. The second-order valence-electron chi connectivity index (χ2n) is 2.57. The second-order valence-corrected chi connectivity index (χ2v) is 2.57. The van der Waals surface area contributed by atoms with E-state index in [2.05, 4.69) is 4.98 Å². The lowest BCUT2D eigenvalue weighted by Crippen LogP contribution is -2.27. The molecule has 6 nitrogen and oxygen atoms in total. The molecule has 0 bridgehead atoms. The van der Waals surface area contributed by atoms with Crippen LogP contribution in [0, 0.1) is 0 Å². The summed E-state index contributed by atoms with van der Waals surface area (Å²) in [5.41, 5.74) is -2.02. The van der Waals surface area contributed by atoms with Gasteiger partial charge in [-0.15, -0.1) is 4.79 Å². The molecule has 2 rings (SSSR count). The Kier molecular flexibility index (Phi) is 1.35. The lowest BCUT2D eigenvalue weighted by atomic mass is 10.5. The zero-order valence-electron chi connectivity index (χ0n) is 6.61. The molecule has 0 fully saturated rings. The molecule has 0 aromatic carbocycles. The average Bonchev–Trinajstić information content (AvgIpc) is 2.44. The third-order valence-electron chi connectivity index (χ3n) is 1.71. The van der Waals surface area contributed by atoms with E-state index in [-0.39, 0.29) is 16.0 Å². The van der Waals surface area contributed by atoms with E-state index in [1.54, 1.807) is 4.98 Å². The van der Waals surface area contributed by atoms with E-state index in [1.807, 2.05) is 0 Å². The van der Waals surface area contributed by atoms with Gasteiger partial charge in [0.05, 0.1) is 6.33 Å². The number of aryl methyl sites for hydroxylation is 1. The smallest absolute Gasteiger partial charge is 0.318 e. The van der Waals surface area contributed by atoms with E-state index >= 15 is 0 Å². The van der Waals surface area contributed by atoms with Gasteiger partial charge in [-0.25, -0.2) is 9.78 Å². The van der Waals surface area contributed by atoms with Crippen LogP contribution in [-0.2, 0) is 7.05 Å². The molecule has 0 atom stereocenters. The Balaban J connectivity index is 3.19. The number of nitrogens with one attached hydrogen (secondary N) is 1. The Morgan fingerprint density at radius 2 is 2.23 bits per heavy atom. The fourth-order valence-electron chi connectivity index (χ4n) is 1.12. The third-order valence-corrected chi connectivity index (χ3v) is 1.71. The maximum atomic E-state index is 13.0. The number of nitrogens with zero attached hydrogens (tertiary/aromatic N) is 3. The highest BCUT2D eigenvalue weighted by atomic mass is 19.2. The zero-order chi connectivity index (χ0) is 9.59. The van der Waals surface area contributed by atoms with E-state index in [4.69, 9.17) is 0 Å². The molecule has 0 spiro atoms. The first-order chi connectivity index (χ1) is 6.11. The summed E-state index contributed by atoms with van der Waals surface area (Å²) in [6, 6.07) is 0. The van der Waals surface area contributed by atoms with Gasteiger partial charge < -0.3 is 4.57 Å². The number of hydrogen-bond donors (Lipinski definition) is 1. The summed E-state index contributed by atoms with van der Waals surface area (Å²) >= 11 is 0. The fourth-order valence-corrected chi connectivity index (χ4v) is 1.12. The minimum absolute atomic E-state index is 0.0930. The van der Waals surface area contributed by atoms with Gasteiger partial charge in [0, 0.05) is 7.05 Å². The van der Waals surface area contributed by atoms with Crippen LogP contribution in [0.5, 0.6) is 0 Å². The van der Waals surface area contributed by atoms with Crippen molar-refractivity contribution in [1.29, 1.82) is 0 Å². The van der Waals surface area contributed by atoms with Gasteiger partial charge in [0.15, 0.2) is 11.2 Å². The fraction of sp³-hybridized carbons (Fsp3) is 0.167. The number of H-pyrrole nitrogens is 1. The van der Waals surface area contributed by atoms with Gasteiger partial charge in [0.25, 0.3) is 5.56 Å². The van der Waals surface area contributed by atoms with Gasteiger partial charge in [0.1, 0.15) is 0 Å². The molecule has 0 saturated carbocycles. The van der Waals surface area contributed by atoms with E-state index in [0.717, 1.165) is 0 Å². The third kappa shape index (κ3) is 0.897. The standard InChI is InChI=1S/C6H5FN4O2/c1-10-2-8-3-4(12)9-6(13)11(7)5(3)10/h2H,1H3,(H,9,12,13). The van der Waals surface area contributed by atoms with Crippen LogP contribution in [0.4, 0.5) is 4.48 Å². The van der Waals surface area contributed by atoms with Crippen molar-refractivity contribution in [3.63, 3.8) is 0 Å². The Morgan fingerprint density at radius 3 is 2.92 bits per heavy atom. The molecular formula is C6H5FN4O2. The molecule has 2 heterocycles. The van der Waals surface area contributed by atoms with Crippen molar-refractivity contribution in [3.8, 4) is 0 Å². The summed E-state index contributed by atoms with van der Waals surface area (Å²) in [6.45, 7) is 0. The lowest BCUT2D eigenvalue weighted by Gasteiger charge is -1.95. The Labute approximate surface area is 70.2 Å². The van der Waals surface area contributed by atoms with Gasteiger partial charge in [-0.2, -0.15) is 0 Å². The molecule has 0 aliphatic heterocycles. The monoisotopic (exact) mass is 184 g/mol. The Bertz CT molecular complexity index is 578. The van der Waals surface area contributed by atoms with E-state index in [1.165, 1.54) is 17.9 Å². The minimum Gasteiger partial charge on any atom is -0.318 e. The van der Waals surface area contributed by atoms with Crippen LogP contribution >= 0.6 is 0 Å². The molecule has 2 aromatic heterocycles. The SMILES string of the molecule is Cn1cnc2c(=O)[nH]c(=O)n(F)c21. The number of aromatic nitrogens is 4. The zero-order valence-corrected chi connectivity index (χ0v) is 6.61. The van der Waals surface area contributed by atoms with Crippen molar-refractivity contribution in [2.24, 2.45) is 7.05 Å². The van der Waals surface area contributed by atoms with Gasteiger partial charge in [-0.1, -0.05) is 4.48 Å². The van der Waals surface area contributed by atoms with Gasteiger partial charge in [-0.05, 0) is 0 Å².